The molecule has 0 aliphatic carbocycles. The smallest absolute Gasteiger partial charge is 0.270 e. The summed E-state index contributed by atoms with van der Waals surface area (Å²) in [6.07, 6.45) is 3.02. The molecule has 1 amide bonds. The number of carbonyl (C=O) groups excluding carboxylic acids is 1. The molecule has 0 spiro atoms. The number of unbranched alkanes of at least 4 members (excludes halogenated alkanes) is 1. The second-order valence-electron chi connectivity index (χ2n) is 5.26. The molecule has 0 unspecified atom stereocenters. The molecule has 1 aliphatic rings. The number of amides is 1. The largest absolute Gasteiger partial charge is 0.371 e. The molecule has 0 saturated carbocycles. The van der Waals surface area contributed by atoms with E-state index in [1.165, 1.54) is 0 Å². The van der Waals surface area contributed by atoms with Crippen LogP contribution in [0.2, 0.25) is 0 Å². The van der Waals surface area contributed by atoms with Crippen LogP contribution in [0.3, 0.4) is 0 Å². The van der Waals surface area contributed by atoms with Crippen molar-refractivity contribution in [3.63, 3.8) is 0 Å². The van der Waals surface area contributed by atoms with Crippen molar-refractivity contribution in [2.24, 2.45) is 4.99 Å². The molecule has 0 atom stereocenters. The number of nitrogens with zero attached hydrogens (tertiary/aromatic N) is 1. The van der Waals surface area contributed by atoms with E-state index in [9.17, 15) is 4.79 Å². The lowest BCUT2D eigenvalue weighted by Crippen LogP contribution is -2.38. The lowest BCUT2D eigenvalue weighted by molar-refractivity contribution is -0.121. The van der Waals surface area contributed by atoms with E-state index in [0.29, 0.717) is 0 Å². The normalized spacial score (nSPS) is 17.5. The summed E-state index contributed by atoms with van der Waals surface area (Å²) in [7, 11) is 0. The van der Waals surface area contributed by atoms with Gasteiger partial charge in [-0.05, 0) is 32.8 Å². The first-order chi connectivity index (χ1) is 8.54. The molecule has 1 heterocycles. The highest BCUT2D eigenvalue weighted by molar-refractivity contribution is 6.13. The fourth-order valence-corrected chi connectivity index (χ4v) is 2.09. The van der Waals surface area contributed by atoms with Gasteiger partial charge in [-0.25, -0.2) is 4.99 Å². The van der Waals surface area contributed by atoms with Gasteiger partial charge in [0.15, 0.2) is 0 Å². The lowest BCUT2D eigenvalue weighted by atomic mass is 10.0. The number of aliphatic imine (C=N–C) groups is 1. The van der Waals surface area contributed by atoms with E-state index in [1.54, 1.807) is 0 Å². The van der Waals surface area contributed by atoms with Crippen LogP contribution in [0.15, 0.2) is 29.3 Å². The van der Waals surface area contributed by atoms with E-state index in [1.807, 2.05) is 38.1 Å². The molecule has 3 heteroatoms. The van der Waals surface area contributed by atoms with Crippen molar-refractivity contribution in [1.82, 2.24) is 0 Å². The summed E-state index contributed by atoms with van der Waals surface area (Å²) in [6.45, 7) is 5.89. The topological polar surface area (TPSA) is 41.5 Å². The van der Waals surface area contributed by atoms with Crippen molar-refractivity contribution < 1.29 is 4.79 Å². The number of carbonyl (C=O) groups is 1. The fourth-order valence-electron chi connectivity index (χ4n) is 2.09. The quantitative estimate of drug-likeness (QED) is 0.885. The van der Waals surface area contributed by atoms with E-state index in [0.717, 1.165) is 36.2 Å². The van der Waals surface area contributed by atoms with Crippen LogP contribution in [-0.2, 0) is 4.79 Å². The Bertz CT molecular complexity index is 489. The van der Waals surface area contributed by atoms with Crippen molar-refractivity contribution >= 4 is 17.3 Å². The molecule has 0 fully saturated rings. The van der Waals surface area contributed by atoms with Crippen LogP contribution < -0.4 is 5.32 Å². The third kappa shape index (κ3) is 2.45. The van der Waals surface area contributed by atoms with Crippen molar-refractivity contribution in [1.29, 1.82) is 0 Å². The molecule has 1 N–H and O–H groups in total. The highest BCUT2D eigenvalue weighted by Crippen LogP contribution is 2.26. The van der Waals surface area contributed by atoms with E-state index in [2.05, 4.69) is 17.2 Å². The number of nitrogens with one attached hydrogen (secondary N) is 1. The minimum atomic E-state index is -0.635. The van der Waals surface area contributed by atoms with E-state index in [4.69, 9.17) is 0 Å². The van der Waals surface area contributed by atoms with E-state index >= 15 is 0 Å². The standard InChI is InChI=1S/C15H20N2O/c1-4-5-9-12-11-8-6-7-10-13(11)17-15(2,3)14(18)16-12/h6-8,10,17H,4-5,9H2,1-3H3. The Morgan fingerprint density at radius 1 is 1.28 bits per heavy atom. The maximum atomic E-state index is 12.1. The van der Waals surface area contributed by atoms with Crippen LogP contribution in [0.1, 0.15) is 45.6 Å². The first kappa shape index (κ1) is 12.8. The predicted octanol–water partition coefficient (Wildman–Crippen LogP) is 3.40. The third-order valence-electron chi connectivity index (χ3n) is 3.22. The minimum absolute atomic E-state index is 0.0928. The maximum absolute atomic E-state index is 12.1. The van der Waals surface area contributed by atoms with Gasteiger partial charge >= 0.3 is 0 Å². The SMILES string of the molecule is CCCCC1=NC(=O)C(C)(C)Nc2ccccc21. The summed E-state index contributed by atoms with van der Waals surface area (Å²) in [4.78, 5) is 16.5. The number of benzene rings is 1. The molecule has 1 aliphatic heterocycles. The Labute approximate surface area is 108 Å². The third-order valence-corrected chi connectivity index (χ3v) is 3.22. The van der Waals surface area contributed by atoms with E-state index < -0.39 is 5.54 Å². The van der Waals surface area contributed by atoms with Gasteiger partial charge in [0.2, 0.25) is 0 Å². The van der Waals surface area contributed by atoms with Gasteiger partial charge in [-0.15, -0.1) is 0 Å². The van der Waals surface area contributed by atoms with Crippen LogP contribution >= 0.6 is 0 Å². The molecule has 3 nitrogen and oxygen atoms in total. The van der Waals surface area contributed by atoms with Crippen LogP contribution in [0, 0.1) is 0 Å². The predicted molar refractivity (Wildman–Crippen MR) is 75.2 cm³/mol. The van der Waals surface area contributed by atoms with E-state index in [-0.39, 0.29) is 5.91 Å². The highest BCUT2D eigenvalue weighted by Gasteiger charge is 2.31. The summed E-state index contributed by atoms with van der Waals surface area (Å²) >= 11 is 0. The Kier molecular flexibility index (Phi) is 3.50. The fraction of sp³-hybridized carbons (Fsp3) is 0.467. The Morgan fingerprint density at radius 2 is 2.00 bits per heavy atom. The number of hydrogen-bond acceptors (Lipinski definition) is 2. The van der Waals surface area contributed by atoms with Crippen LogP contribution in [0.4, 0.5) is 5.69 Å². The molecule has 18 heavy (non-hydrogen) atoms. The molecular weight excluding hydrogens is 224 g/mol. The Hall–Kier alpha value is -1.64. The Morgan fingerprint density at radius 3 is 2.72 bits per heavy atom. The summed E-state index contributed by atoms with van der Waals surface area (Å²) in [5.41, 5.74) is 2.34. The summed E-state index contributed by atoms with van der Waals surface area (Å²) in [6, 6.07) is 8.02. The summed E-state index contributed by atoms with van der Waals surface area (Å²) < 4.78 is 0. The second-order valence-corrected chi connectivity index (χ2v) is 5.26. The van der Waals surface area contributed by atoms with Crippen molar-refractivity contribution in [3.8, 4) is 0 Å². The number of anilines is 1. The molecule has 96 valence electrons. The second kappa shape index (κ2) is 4.92. The van der Waals surface area contributed by atoms with Gasteiger partial charge in [-0.2, -0.15) is 0 Å². The van der Waals surface area contributed by atoms with Gasteiger partial charge in [-0.1, -0.05) is 31.5 Å². The summed E-state index contributed by atoms with van der Waals surface area (Å²) in [5, 5.41) is 3.29. The molecule has 2 rings (SSSR count). The minimum Gasteiger partial charge on any atom is -0.371 e. The number of para-hydroxylation sites is 1. The Balaban J connectivity index is 2.46. The first-order valence-corrected chi connectivity index (χ1v) is 6.54. The zero-order chi connectivity index (χ0) is 13.2. The van der Waals surface area contributed by atoms with Gasteiger partial charge in [0.25, 0.3) is 5.91 Å². The van der Waals surface area contributed by atoms with Gasteiger partial charge in [0, 0.05) is 11.3 Å². The van der Waals surface area contributed by atoms with Gasteiger partial charge in [0.1, 0.15) is 5.54 Å². The molecule has 0 saturated heterocycles. The van der Waals surface area contributed by atoms with Crippen LogP contribution in [-0.4, -0.2) is 17.2 Å². The van der Waals surface area contributed by atoms with Crippen LogP contribution in [0.25, 0.3) is 0 Å². The zero-order valence-corrected chi connectivity index (χ0v) is 11.3. The molecule has 0 bridgehead atoms. The lowest BCUT2D eigenvalue weighted by Gasteiger charge is -2.22. The molecular formula is C15H20N2O. The molecule has 0 aromatic heterocycles. The number of hydrogen-bond donors (Lipinski definition) is 1. The number of benzodiazepines with no additional fused rings is 1. The van der Waals surface area contributed by atoms with Gasteiger partial charge < -0.3 is 5.32 Å². The van der Waals surface area contributed by atoms with Crippen molar-refractivity contribution in [3.05, 3.63) is 29.8 Å². The van der Waals surface area contributed by atoms with Crippen LogP contribution in [0.5, 0.6) is 0 Å². The molecule has 1 aromatic carbocycles. The first-order valence-electron chi connectivity index (χ1n) is 6.54. The maximum Gasteiger partial charge on any atom is 0.270 e. The summed E-state index contributed by atoms with van der Waals surface area (Å²) in [5.74, 6) is -0.0928. The molecule has 0 radical (unpaired) electrons. The monoisotopic (exact) mass is 244 g/mol. The average molecular weight is 244 g/mol. The van der Waals surface area contributed by atoms with Crippen molar-refractivity contribution in [2.45, 2.75) is 45.6 Å². The zero-order valence-electron chi connectivity index (χ0n) is 11.3. The van der Waals surface area contributed by atoms with Gasteiger partial charge in [-0.3, -0.25) is 4.79 Å². The average Bonchev–Trinajstić information content (AvgIpc) is 2.43. The number of rotatable bonds is 3. The number of fused-ring (bicyclic) bond motifs is 1. The highest BCUT2D eigenvalue weighted by atomic mass is 16.2. The molecule has 1 aromatic rings. The van der Waals surface area contributed by atoms with Crippen molar-refractivity contribution in [2.75, 3.05) is 5.32 Å². The van der Waals surface area contributed by atoms with Gasteiger partial charge in [0.05, 0.1) is 5.71 Å².